The minimum Gasteiger partial charge on any atom is -0.456 e. The SMILES string of the molecule is Cc1cc(C)c(C(=O)NCCC(C)O)o1. The molecule has 4 nitrogen and oxygen atoms in total. The summed E-state index contributed by atoms with van der Waals surface area (Å²) in [5, 5.41) is 11.7. The van der Waals surface area contributed by atoms with Crippen LogP contribution in [-0.4, -0.2) is 23.7 Å². The summed E-state index contributed by atoms with van der Waals surface area (Å²) in [6, 6.07) is 1.82. The number of carbonyl (C=O) groups is 1. The van der Waals surface area contributed by atoms with Crippen LogP contribution in [0, 0.1) is 13.8 Å². The number of hydrogen-bond acceptors (Lipinski definition) is 3. The van der Waals surface area contributed by atoms with Crippen LogP contribution >= 0.6 is 0 Å². The average molecular weight is 211 g/mol. The van der Waals surface area contributed by atoms with Crippen molar-refractivity contribution in [2.45, 2.75) is 33.3 Å². The van der Waals surface area contributed by atoms with Crippen molar-refractivity contribution in [3.05, 3.63) is 23.2 Å². The number of rotatable bonds is 4. The van der Waals surface area contributed by atoms with Gasteiger partial charge in [-0.15, -0.1) is 0 Å². The molecule has 1 heterocycles. The molecule has 0 saturated carbocycles. The van der Waals surface area contributed by atoms with E-state index in [-0.39, 0.29) is 5.91 Å². The number of amides is 1. The Morgan fingerprint density at radius 2 is 2.27 bits per heavy atom. The summed E-state index contributed by atoms with van der Waals surface area (Å²) in [6.45, 7) is 5.78. The van der Waals surface area contributed by atoms with Crippen LogP contribution in [0.2, 0.25) is 0 Å². The summed E-state index contributed by atoms with van der Waals surface area (Å²) in [7, 11) is 0. The Morgan fingerprint density at radius 3 is 2.73 bits per heavy atom. The molecule has 0 aromatic carbocycles. The van der Waals surface area contributed by atoms with E-state index >= 15 is 0 Å². The predicted molar refractivity (Wildman–Crippen MR) is 56.8 cm³/mol. The molecule has 0 aliphatic heterocycles. The normalized spacial score (nSPS) is 12.5. The zero-order valence-electron chi connectivity index (χ0n) is 9.33. The maximum atomic E-state index is 11.6. The lowest BCUT2D eigenvalue weighted by atomic mass is 10.2. The number of aryl methyl sites for hydroxylation is 2. The van der Waals surface area contributed by atoms with Crippen molar-refractivity contribution in [1.82, 2.24) is 5.32 Å². The quantitative estimate of drug-likeness (QED) is 0.791. The molecule has 1 unspecified atom stereocenters. The van der Waals surface area contributed by atoms with Gasteiger partial charge in [0.1, 0.15) is 5.76 Å². The van der Waals surface area contributed by atoms with Crippen LogP contribution in [-0.2, 0) is 0 Å². The van der Waals surface area contributed by atoms with Gasteiger partial charge in [0.25, 0.3) is 5.91 Å². The highest BCUT2D eigenvalue weighted by Gasteiger charge is 2.13. The Labute approximate surface area is 89.3 Å². The molecule has 0 bridgehead atoms. The van der Waals surface area contributed by atoms with Gasteiger partial charge < -0.3 is 14.8 Å². The van der Waals surface area contributed by atoms with Crippen molar-refractivity contribution in [3.8, 4) is 0 Å². The van der Waals surface area contributed by atoms with Gasteiger partial charge in [0.2, 0.25) is 0 Å². The van der Waals surface area contributed by atoms with Crippen molar-refractivity contribution in [2.75, 3.05) is 6.54 Å². The lowest BCUT2D eigenvalue weighted by molar-refractivity contribution is 0.0915. The Morgan fingerprint density at radius 1 is 1.60 bits per heavy atom. The predicted octanol–water partition coefficient (Wildman–Crippen LogP) is 1.40. The second-order valence-corrected chi connectivity index (χ2v) is 3.76. The molecule has 4 heteroatoms. The van der Waals surface area contributed by atoms with E-state index < -0.39 is 6.10 Å². The molecule has 0 spiro atoms. The van der Waals surface area contributed by atoms with Crippen molar-refractivity contribution in [2.24, 2.45) is 0 Å². The van der Waals surface area contributed by atoms with Crippen LogP contribution in [0.4, 0.5) is 0 Å². The van der Waals surface area contributed by atoms with E-state index in [1.807, 2.05) is 13.0 Å². The molecule has 1 aromatic heterocycles. The smallest absolute Gasteiger partial charge is 0.287 e. The van der Waals surface area contributed by atoms with Crippen LogP contribution in [0.5, 0.6) is 0 Å². The third-order valence-electron chi connectivity index (χ3n) is 2.09. The molecule has 1 rings (SSSR count). The Kier molecular flexibility index (Phi) is 3.91. The van der Waals surface area contributed by atoms with Crippen molar-refractivity contribution >= 4 is 5.91 Å². The fourth-order valence-corrected chi connectivity index (χ4v) is 1.34. The van der Waals surface area contributed by atoms with Crippen LogP contribution in [0.25, 0.3) is 0 Å². The summed E-state index contributed by atoms with van der Waals surface area (Å²) in [4.78, 5) is 11.6. The minimum absolute atomic E-state index is 0.221. The van der Waals surface area contributed by atoms with E-state index in [0.717, 1.165) is 11.3 Å². The van der Waals surface area contributed by atoms with Gasteiger partial charge in [-0.25, -0.2) is 0 Å². The van der Waals surface area contributed by atoms with E-state index in [4.69, 9.17) is 9.52 Å². The first kappa shape index (κ1) is 11.8. The fraction of sp³-hybridized carbons (Fsp3) is 0.545. The zero-order chi connectivity index (χ0) is 11.4. The summed E-state index contributed by atoms with van der Waals surface area (Å²) in [6.07, 6.45) is 0.148. The van der Waals surface area contributed by atoms with Crippen molar-refractivity contribution < 1.29 is 14.3 Å². The second kappa shape index (κ2) is 4.98. The van der Waals surface area contributed by atoms with E-state index in [9.17, 15) is 4.79 Å². The molecule has 0 aliphatic carbocycles. The van der Waals surface area contributed by atoms with Gasteiger partial charge in [0.05, 0.1) is 6.10 Å². The van der Waals surface area contributed by atoms with Gasteiger partial charge in [-0.05, 0) is 33.3 Å². The van der Waals surface area contributed by atoms with E-state index in [1.54, 1.807) is 13.8 Å². The van der Waals surface area contributed by atoms with Crippen LogP contribution in [0.15, 0.2) is 10.5 Å². The van der Waals surface area contributed by atoms with Crippen LogP contribution < -0.4 is 5.32 Å². The highest BCUT2D eigenvalue weighted by molar-refractivity contribution is 5.92. The summed E-state index contributed by atoms with van der Waals surface area (Å²) in [5.41, 5.74) is 0.835. The lowest BCUT2D eigenvalue weighted by Crippen LogP contribution is -2.26. The zero-order valence-corrected chi connectivity index (χ0v) is 9.33. The van der Waals surface area contributed by atoms with Crippen LogP contribution in [0.1, 0.15) is 35.2 Å². The Bertz CT molecular complexity index is 342. The topological polar surface area (TPSA) is 62.5 Å². The third kappa shape index (κ3) is 3.40. The molecule has 1 amide bonds. The van der Waals surface area contributed by atoms with Gasteiger partial charge in [0, 0.05) is 12.1 Å². The van der Waals surface area contributed by atoms with E-state index in [2.05, 4.69) is 5.32 Å². The van der Waals surface area contributed by atoms with Gasteiger partial charge in [-0.3, -0.25) is 4.79 Å². The highest BCUT2D eigenvalue weighted by atomic mass is 16.3. The van der Waals surface area contributed by atoms with E-state index in [1.165, 1.54) is 0 Å². The lowest BCUT2D eigenvalue weighted by Gasteiger charge is -2.05. The summed E-state index contributed by atoms with van der Waals surface area (Å²) in [5.74, 6) is 0.868. The molecule has 15 heavy (non-hydrogen) atoms. The number of carbonyl (C=O) groups excluding carboxylic acids is 1. The largest absolute Gasteiger partial charge is 0.456 e. The first-order valence-electron chi connectivity index (χ1n) is 5.04. The maximum Gasteiger partial charge on any atom is 0.287 e. The number of furan rings is 1. The highest BCUT2D eigenvalue weighted by Crippen LogP contribution is 2.13. The minimum atomic E-state index is -0.398. The van der Waals surface area contributed by atoms with Crippen molar-refractivity contribution in [3.63, 3.8) is 0 Å². The number of hydrogen-bond donors (Lipinski definition) is 2. The molecular formula is C11H17NO3. The molecule has 0 radical (unpaired) electrons. The Hall–Kier alpha value is -1.29. The summed E-state index contributed by atoms with van der Waals surface area (Å²) >= 11 is 0. The number of aliphatic hydroxyl groups excluding tert-OH is 1. The third-order valence-corrected chi connectivity index (χ3v) is 2.09. The van der Waals surface area contributed by atoms with Gasteiger partial charge in [-0.1, -0.05) is 0 Å². The Balaban J connectivity index is 2.50. The monoisotopic (exact) mass is 211 g/mol. The molecule has 84 valence electrons. The molecule has 1 aromatic rings. The second-order valence-electron chi connectivity index (χ2n) is 3.76. The van der Waals surface area contributed by atoms with Crippen molar-refractivity contribution in [1.29, 1.82) is 0 Å². The first-order valence-corrected chi connectivity index (χ1v) is 5.04. The molecule has 0 fully saturated rings. The van der Waals surface area contributed by atoms with Crippen LogP contribution in [0.3, 0.4) is 0 Å². The standard InChI is InChI=1S/C11H17NO3/c1-7-6-9(3)15-10(7)11(14)12-5-4-8(2)13/h6,8,13H,4-5H2,1-3H3,(H,12,14). The first-order chi connectivity index (χ1) is 7.00. The molecule has 0 saturated heterocycles. The fourth-order valence-electron chi connectivity index (χ4n) is 1.34. The molecule has 2 N–H and O–H groups in total. The van der Waals surface area contributed by atoms with Gasteiger partial charge in [0.15, 0.2) is 5.76 Å². The molecule has 0 aliphatic rings. The van der Waals surface area contributed by atoms with Gasteiger partial charge >= 0.3 is 0 Å². The molecular weight excluding hydrogens is 194 g/mol. The number of aliphatic hydroxyl groups is 1. The average Bonchev–Trinajstić information content (AvgIpc) is 2.44. The summed E-state index contributed by atoms with van der Waals surface area (Å²) < 4.78 is 5.26. The van der Waals surface area contributed by atoms with E-state index in [0.29, 0.717) is 18.7 Å². The molecule has 1 atom stereocenters. The van der Waals surface area contributed by atoms with Gasteiger partial charge in [-0.2, -0.15) is 0 Å². The maximum absolute atomic E-state index is 11.6. The number of nitrogens with one attached hydrogen (secondary N) is 1.